The van der Waals surface area contributed by atoms with Crippen LogP contribution in [0.3, 0.4) is 0 Å². The third kappa shape index (κ3) is 2.13. The summed E-state index contributed by atoms with van der Waals surface area (Å²) in [5, 5.41) is 2.80. The molecule has 1 aliphatic carbocycles. The van der Waals surface area contributed by atoms with E-state index in [1.54, 1.807) is 0 Å². The minimum Gasteiger partial charge on any atom is -0.323 e. The number of nitrogens with one attached hydrogen (secondary N) is 1. The number of urea groups is 1. The van der Waals surface area contributed by atoms with Crippen molar-refractivity contribution >= 4 is 17.7 Å². The number of rotatable bonds is 3. The Kier molecular flexibility index (Phi) is 3.41. The van der Waals surface area contributed by atoms with Gasteiger partial charge in [0.2, 0.25) is 0 Å². The Bertz CT molecular complexity index is 384. The van der Waals surface area contributed by atoms with E-state index in [1.165, 1.54) is 6.92 Å². The average molecular weight is 252 g/mol. The molecule has 2 rings (SSSR count). The van der Waals surface area contributed by atoms with Crippen molar-refractivity contribution in [2.24, 2.45) is 5.92 Å². The van der Waals surface area contributed by atoms with Gasteiger partial charge in [0.15, 0.2) is 0 Å². The fourth-order valence-corrected chi connectivity index (χ4v) is 2.96. The summed E-state index contributed by atoms with van der Waals surface area (Å²) >= 11 is 0. The number of hydrogen-bond acceptors (Lipinski definition) is 3. The van der Waals surface area contributed by atoms with E-state index < -0.39 is 11.6 Å². The first-order valence-electron chi connectivity index (χ1n) is 6.62. The maximum Gasteiger partial charge on any atom is 0.325 e. The molecule has 1 spiro atoms. The molecule has 2 fully saturated rings. The fraction of sp³-hybridized carbons (Fsp3) is 0.769. The molecule has 0 bridgehead atoms. The van der Waals surface area contributed by atoms with E-state index in [2.05, 4.69) is 12.2 Å². The summed E-state index contributed by atoms with van der Waals surface area (Å²) in [6, 6.07) is -0.412. The molecule has 3 amide bonds. The van der Waals surface area contributed by atoms with Crippen molar-refractivity contribution in [3.8, 4) is 0 Å². The van der Waals surface area contributed by atoms with Crippen LogP contribution in [0.15, 0.2) is 0 Å². The molecule has 1 N–H and O–H groups in total. The highest BCUT2D eigenvalue weighted by Crippen LogP contribution is 2.37. The highest BCUT2D eigenvalue weighted by atomic mass is 16.2. The summed E-state index contributed by atoms with van der Waals surface area (Å²) < 4.78 is 0. The van der Waals surface area contributed by atoms with E-state index in [1.807, 2.05) is 0 Å². The van der Waals surface area contributed by atoms with Gasteiger partial charge < -0.3 is 5.32 Å². The predicted molar refractivity (Wildman–Crippen MR) is 65.9 cm³/mol. The van der Waals surface area contributed by atoms with Gasteiger partial charge in [-0.1, -0.05) is 13.3 Å². The van der Waals surface area contributed by atoms with Crippen LogP contribution >= 0.6 is 0 Å². The van der Waals surface area contributed by atoms with Crippen LogP contribution < -0.4 is 5.32 Å². The SMILES string of the molecule is CCC1CCC2(CC1)NC(=O)N(CC(C)=O)C2=O. The Morgan fingerprint density at radius 2 is 2.00 bits per heavy atom. The number of carbonyl (C=O) groups excluding carboxylic acids is 3. The Balaban J connectivity index is 2.10. The lowest BCUT2D eigenvalue weighted by Crippen LogP contribution is -2.49. The first kappa shape index (κ1) is 13.1. The summed E-state index contributed by atoms with van der Waals surface area (Å²) in [5.41, 5.74) is -0.724. The van der Waals surface area contributed by atoms with Crippen molar-refractivity contribution in [2.45, 2.75) is 51.5 Å². The fourth-order valence-electron chi connectivity index (χ4n) is 2.96. The molecule has 5 heteroatoms. The van der Waals surface area contributed by atoms with Crippen molar-refractivity contribution < 1.29 is 14.4 Å². The average Bonchev–Trinajstić information content (AvgIpc) is 2.55. The van der Waals surface area contributed by atoms with Crippen molar-refractivity contribution in [2.75, 3.05) is 6.54 Å². The third-order valence-corrected chi connectivity index (χ3v) is 4.16. The monoisotopic (exact) mass is 252 g/mol. The van der Waals surface area contributed by atoms with Gasteiger partial charge in [0.25, 0.3) is 5.91 Å². The Labute approximate surface area is 107 Å². The number of Topliss-reactive ketones (excluding diaryl/α,β-unsaturated/α-hetero) is 1. The van der Waals surface area contributed by atoms with Gasteiger partial charge in [-0.2, -0.15) is 0 Å². The normalized spacial score (nSPS) is 31.9. The zero-order valence-electron chi connectivity index (χ0n) is 11.0. The van der Waals surface area contributed by atoms with Gasteiger partial charge in [-0.3, -0.25) is 14.5 Å². The molecule has 0 aromatic heterocycles. The maximum absolute atomic E-state index is 12.3. The molecular formula is C13H20N2O3. The van der Waals surface area contributed by atoms with Crippen molar-refractivity contribution in [3.63, 3.8) is 0 Å². The Hall–Kier alpha value is -1.39. The van der Waals surface area contributed by atoms with E-state index in [-0.39, 0.29) is 18.2 Å². The molecule has 1 saturated heterocycles. The molecule has 0 atom stereocenters. The highest BCUT2D eigenvalue weighted by molar-refractivity contribution is 6.09. The molecule has 1 saturated carbocycles. The second-order valence-electron chi connectivity index (χ2n) is 5.46. The van der Waals surface area contributed by atoms with Crippen LogP contribution in [0.5, 0.6) is 0 Å². The summed E-state index contributed by atoms with van der Waals surface area (Å²) in [4.78, 5) is 36.3. The maximum atomic E-state index is 12.3. The molecule has 1 aliphatic heterocycles. The molecule has 18 heavy (non-hydrogen) atoms. The van der Waals surface area contributed by atoms with Crippen LogP contribution in [0, 0.1) is 5.92 Å². The van der Waals surface area contributed by atoms with Crippen LogP contribution in [0.1, 0.15) is 46.0 Å². The molecule has 5 nitrogen and oxygen atoms in total. The second kappa shape index (κ2) is 4.71. The first-order valence-corrected chi connectivity index (χ1v) is 6.62. The number of hydrogen-bond donors (Lipinski definition) is 1. The molecule has 0 unspecified atom stereocenters. The molecular weight excluding hydrogens is 232 g/mol. The van der Waals surface area contributed by atoms with Gasteiger partial charge in [0.1, 0.15) is 11.3 Å². The van der Waals surface area contributed by atoms with E-state index in [0.29, 0.717) is 18.8 Å². The van der Waals surface area contributed by atoms with E-state index in [4.69, 9.17) is 0 Å². The molecule has 100 valence electrons. The minimum atomic E-state index is -0.724. The largest absolute Gasteiger partial charge is 0.325 e. The van der Waals surface area contributed by atoms with E-state index >= 15 is 0 Å². The van der Waals surface area contributed by atoms with Crippen molar-refractivity contribution in [3.05, 3.63) is 0 Å². The quantitative estimate of drug-likeness (QED) is 0.773. The highest BCUT2D eigenvalue weighted by Gasteiger charge is 2.52. The Morgan fingerprint density at radius 3 is 2.50 bits per heavy atom. The summed E-state index contributed by atoms with van der Waals surface area (Å²) in [6.45, 7) is 3.43. The lowest BCUT2D eigenvalue weighted by molar-refractivity contribution is -0.135. The second-order valence-corrected chi connectivity index (χ2v) is 5.46. The van der Waals surface area contributed by atoms with Crippen LogP contribution in [0.4, 0.5) is 4.79 Å². The predicted octanol–water partition coefficient (Wildman–Crippen LogP) is 1.47. The zero-order valence-corrected chi connectivity index (χ0v) is 11.0. The smallest absolute Gasteiger partial charge is 0.323 e. The lowest BCUT2D eigenvalue weighted by atomic mass is 9.75. The van der Waals surface area contributed by atoms with Crippen LogP contribution in [0.2, 0.25) is 0 Å². The number of ketones is 1. The topological polar surface area (TPSA) is 66.5 Å². The molecule has 2 aliphatic rings. The van der Waals surface area contributed by atoms with Crippen LogP contribution in [-0.4, -0.2) is 34.7 Å². The first-order chi connectivity index (χ1) is 8.48. The van der Waals surface area contributed by atoms with Crippen molar-refractivity contribution in [1.82, 2.24) is 10.2 Å². The van der Waals surface area contributed by atoms with E-state index in [9.17, 15) is 14.4 Å². The van der Waals surface area contributed by atoms with Gasteiger partial charge in [-0.15, -0.1) is 0 Å². The van der Waals surface area contributed by atoms with Gasteiger partial charge in [0, 0.05) is 0 Å². The standard InChI is InChI=1S/C13H20N2O3/c1-3-10-4-6-13(7-5-10)11(17)15(8-9(2)16)12(18)14-13/h10H,3-8H2,1-2H3,(H,14,18). The van der Waals surface area contributed by atoms with Crippen LogP contribution in [-0.2, 0) is 9.59 Å². The zero-order chi connectivity index (χ0) is 13.3. The number of amides is 3. The van der Waals surface area contributed by atoms with Crippen molar-refractivity contribution in [1.29, 1.82) is 0 Å². The summed E-state index contributed by atoms with van der Waals surface area (Å²) in [6.07, 6.45) is 4.46. The summed E-state index contributed by atoms with van der Waals surface area (Å²) in [5.74, 6) is 0.275. The number of imide groups is 1. The molecule has 0 aromatic rings. The summed E-state index contributed by atoms with van der Waals surface area (Å²) in [7, 11) is 0. The third-order valence-electron chi connectivity index (χ3n) is 4.16. The van der Waals surface area contributed by atoms with Gasteiger partial charge in [-0.25, -0.2) is 4.79 Å². The Morgan fingerprint density at radius 1 is 1.39 bits per heavy atom. The van der Waals surface area contributed by atoms with E-state index in [0.717, 1.165) is 24.2 Å². The molecule has 0 aromatic carbocycles. The lowest BCUT2D eigenvalue weighted by Gasteiger charge is -2.34. The van der Waals surface area contributed by atoms with Crippen LogP contribution in [0.25, 0.3) is 0 Å². The minimum absolute atomic E-state index is 0.108. The van der Waals surface area contributed by atoms with Gasteiger partial charge in [-0.05, 0) is 38.5 Å². The number of nitrogens with zero attached hydrogens (tertiary/aromatic N) is 1. The number of carbonyl (C=O) groups is 3. The van der Waals surface area contributed by atoms with Gasteiger partial charge in [0.05, 0.1) is 6.54 Å². The molecule has 1 heterocycles. The molecule has 0 radical (unpaired) electrons. The van der Waals surface area contributed by atoms with Gasteiger partial charge >= 0.3 is 6.03 Å².